The van der Waals surface area contributed by atoms with Crippen LogP contribution in [0.5, 0.6) is 0 Å². The van der Waals surface area contributed by atoms with Gasteiger partial charge in [-0.25, -0.2) is 0 Å². The standard InChI is InChI=1S/C21H34N4O3/c1-4-16(2)25-19(27)18-7-5-17(6-8-18)13-23-20(22-3)24-14-21(9-11-26)10-12-28-15-21/h5-8,16,26H,4,9-15H2,1-3H3,(H,25,27)(H2,22,23,24). The van der Waals surface area contributed by atoms with Crippen molar-refractivity contribution in [2.45, 2.75) is 45.7 Å². The van der Waals surface area contributed by atoms with E-state index in [2.05, 4.69) is 20.9 Å². The maximum Gasteiger partial charge on any atom is 0.251 e. The van der Waals surface area contributed by atoms with E-state index < -0.39 is 0 Å². The lowest BCUT2D eigenvalue weighted by atomic mass is 9.84. The van der Waals surface area contributed by atoms with Crippen molar-refractivity contribution in [2.75, 3.05) is 33.4 Å². The van der Waals surface area contributed by atoms with Gasteiger partial charge in [-0.1, -0.05) is 19.1 Å². The van der Waals surface area contributed by atoms with E-state index in [-0.39, 0.29) is 24.0 Å². The van der Waals surface area contributed by atoms with E-state index in [0.717, 1.165) is 31.4 Å². The highest BCUT2D eigenvalue weighted by Gasteiger charge is 2.34. The molecule has 1 aliphatic heterocycles. The van der Waals surface area contributed by atoms with Crippen LogP contribution in [-0.2, 0) is 11.3 Å². The van der Waals surface area contributed by atoms with Crippen molar-refractivity contribution in [3.63, 3.8) is 0 Å². The van der Waals surface area contributed by atoms with Crippen molar-refractivity contribution in [1.82, 2.24) is 16.0 Å². The maximum absolute atomic E-state index is 12.1. The highest BCUT2D eigenvalue weighted by atomic mass is 16.5. The fourth-order valence-corrected chi connectivity index (χ4v) is 3.17. The van der Waals surface area contributed by atoms with Crippen LogP contribution in [0.4, 0.5) is 0 Å². The number of hydrogen-bond donors (Lipinski definition) is 4. The molecule has 7 heteroatoms. The molecule has 0 radical (unpaired) electrons. The van der Waals surface area contributed by atoms with Crippen LogP contribution in [0.1, 0.15) is 49.0 Å². The van der Waals surface area contributed by atoms with E-state index in [1.165, 1.54) is 0 Å². The number of hydrogen-bond acceptors (Lipinski definition) is 4. The second-order valence-corrected chi connectivity index (χ2v) is 7.54. The molecule has 0 spiro atoms. The quantitative estimate of drug-likeness (QED) is 0.380. The molecule has 0 aliphatic carbocycles. The molecular weight excluding hydrogens is 356 g/mol. The molecule has 156 valence electrons. The topological polar surface area (TPSA) is 95.0 Å². The van der Waals surface area contributed by atoms with Gasteiger partial charge in [0, 0.05) is 50.4 Å². The fraction of sp³-hybridized carbons (Fsp3) is 0.619. The molecule has 1 heterocycles. The minimum absolute atomic E-state index is 0.0307. The number of amides is 1. The summed E-state index contributed by atoms with van der Waals surface area (Å²) in [7, 11) is 1.74. The lowest BCUT2D eigenvalue weighted by Crippen LogP contribution is -2.44. The number of nitrogens with zero attached hydrogens (tertiary/aromatic N) is 1. The van der Waals surface area contributed by atoms with Gasteiger partial charge in [-0.05, 0) is 43.9 Å². The number of aliphatic hydroxyl groups excluding tert-OH is 1. The number of rotatable bonds is 9. The Hall–Kier alpha value is -2.12. The molecule has 2 atom stereocenters. The molecule has 0 saturated carbocycles. The second kappa shape index (κ2) is 11.0. The zero-order valence-corrected chi connectivity index (χ0v) is 17.3. The molecule has 7 nitrogen and oxygen atoms in total. The van der Waals surface area contributed by atoms with Crippen LogP contribution in [0.15, 0.2) is 29.3 Å². The van der Waals surface area contributed by atoms with Crippen LogP contribution in [0.3, 0.4) is 0 Å². The first-order valence-corrected chi connectivity index (χ1v) is 10.0. The Morgan fingerprint density at radius 2 is 2.07 bits per heavy atom. The van der Waals surface area contributed by atoms with Gasteiger partial charge in [0.05, 0.1) is 6.61 Å². The first-order valence-electron chi connectivity index (χ1n) is 10.0. The third-order valence-electron chi connectivity index (χ3n) is 5.35. The number of ether oxygens (including phenoxy) is 1. The number of carbonyl (C=O) groups excluding carboxylic acids is 1. The molecule has 1 saturated heterocycles. The molecule has 0 aromatic heterocycles. The molecule has 1 fully saturated rings. The summed E-state index contributed by atoms with van der Waals surface area (Å²) < 4.78 is 5.53. The zero-order valence-electron chi connectivity index (χ0n) is 17.3. The average Bonchev–Trinajstić information content (AvgIpc) is 3.17. The van der Waals surface area contributed by atoms with Crippen LogP contribution in [0.2, 0.25) is 0 Å². The fourth-order valence-electron chi connectivity index (χ4n) is 3.17. The summed E-state index contributed by atoms with van der Waals surface area (Å²) in [6, 6.07) is 7.75. The minimum Gasteiger partial charge on any atom is -0.396 e. The van der Waals surface area contributed by atoms with Gasteiger partial charge in [0.1, 0.15) is 0 Å². The summed E-state index contributed by atoms with van der Waals surface area (Å²) in [5, 5.41) is 18.9. The van der Waals surface area contributed by atoms with Crippen LogP contribution < -0.4 is 16.0 Å². The van der Waals surface area contributed by atoms with Gasteiger partial charge in [-0.2, -0.15) is 0 Å². The van der Waals surface area contributed by atoms with Crippen molar-refractivity contribution in [3.05, 3.63) is 35.4 Å². The SMILES string of the molecule is CCC(C)NC(=O)c1ccc(CNC(=NC)NCC2(CCO)CCOC2)cc1. The Bertz CT molecular complexity index is 640. The molecule has 1 aromatic carbocycles. The van der Waals surface area contributed by atoms with Crippen molar-refractivity contribution in [2.24, 2.45) is 10.4 Å². The van der Waals surface area contributed by atoms with E-state index in [0.29, 0.717) is 31.2 Å². The largest absolute Gasteiger partial charge is 0.396 e. The van der Waals surface area contributed by atoms with E-state index in [1.54, 1.807) is 7.05 Å². The molecule has 2 rings (SSSR count). The highest BCUT2D eigenvalue weighted by Crippen LogP contribution is 2.31. The molecule has 1 amide bonds. The Labute approximate surface area is 168 Å². The molecular formula is C21H34N4O3. The number of guanidine groups is 1. The Morgan fingerprint density at radius 1 is 1.32 bits per heavy atom. The average molecular weight is 391 g/mol. The molecule has 1 aliphatic rings. The van der Waals surface area contributed by atoms with Crippen molar-refractivity contribution >= 4 is 11.9 Å². The summed E-state index contributed by atoms with van der Waals surface area (Å²) in [5.74, 6) is 0.669. The van der Waals surface area contributed by atoms with Gasteiger partial charge < -0.3 is 25.8 Å². The number of nitrogens with one attached hydrogen (secondary N) is 3. The second-order valence-electron chi connectivity index (χ2n) is 7.54. The molecule has 0 bridgehead atoms. The highest BCUT2D eigenvalue weighted by molar-refractivity contribution is 5.94. The van der Waals surface area contributed by atoms with Crippen molar-refractivity contribution in [1.29, 1.82) is 0 Å². The predicted octanol–water partition coefficient (Wildman–Crippen LogP) is 1.67. The number of aliphatic hydroxyl groups is 1. The number of carbonyl (C=O) groups is 1. The van der Waals surface area contributed by atoms with E-state index in [1.807, 2.05) is 38.1 Å². The van der Waals surface area contributed by atoms with Crippen LogP contribution in [-0.4, -0.2) is 56.4 Å². The van der Waals surface area contributed by atoms with Crippen LogP contribution >= 0.6 is 0 Å². The lowest BCUT2D eigenvalue weighted by molar-refractivity contribution is 0.0939. The predicted molar refractivity (Wildman–Crippen MR) is 111 cm³/mol. The normalized spacial score (nSPS) is 20.6. The third-order valence-corrected chi connectivity index (χ3v) is 5.35. The number of benzene rings is 1. The smallest absolute Gasteiger partial charge is 0.251 e. The first kappa shape index (κ1) is 22.2. The van der Waals surface area contributed by atoms with Gasteiger partial charge in [0.25, 0.3) is 5.91 Å². The minimum atomic E-state index is -0.0423. The van der Waals surface area contributed by atoms with Crippen LogP contribution in [0, 0.1) is 5.41 Å². The third kappa shape index (κ3) is 6.49. The summed E-state index contributed by atoms with van der Waals surface area (Å²) in [4.78, 5) is 16.4. The lowest BCUT2D eigenvalue weighted by Gasteiger charge is -2.27. The summed E-state index contributed by atoms with van der Waals surface area (Å²) in [6.45, 7) is 6.93. The van der Waals surface area contributed by atoms with Crippen LogP contribution in [0.25, 0.3) is 0 Å². The Balaban J connectivity index is 1.83. The molecule has 2 unspecified atom stereocenters. The Morgan fingerprint density at radius 3 is 2.64 bits per heavy atom. The monoisotopic (exact) mass is 390 g/mol. The van der Waals surface area contributed by atoms with E-state index in [4.69, 9.17) is 4.74 Å². The number of aliphatic imine (C=N–C) groups is 1. The van der Waals surface area contributed by atoms with Gasteiger partial charge >= 0.3 is 0 Å². The first-order chi connectivity index (χ1) is 13.5. The van der Waals surface area contributed by atoms with Gasteiger partial charge in [0.2, 0.25) is 0 Å². The summed E-state index contributed by atoms with van der Waals surface area (Å²) in [5.41, 5.74) is 1.70. The zero-order chi connectivity index (χ0) is 20.4. The van der Waals surface area contributed by atoms with E-state index >= 15 is 0 Å². The maximum atomic E-state index is 12.1. The molecule has 1 aromatic rings. The molecule has 4 N–H and O–H groups in total. The van der Waals surface area contributed by atoms with Crippen molar-refractivity contribution < 1.29 is 14.6 Å². The van der Waals surface area contributed by atoms with Gasteiger partial charge in [-0.15, -0.1) is 0 Å². The van der Waals surface area contributed by atoms with Gasteiger partial charge in [0.15, 0.2) is 5.96 Å². The summed E-state index contributed by atoms with van der Waals surface area (Å²) >= 11 is 0. The summed E-state index contributed by atoms with van der Waals surface area (Å²) in [6.07, 6.45) is 2.57. The van der Waals surface area contributed by atoms with E-state index in [9.17, 15) is 9.90 Å². The van der Waals surface area contributed by atoms with Crippen molar-refractivity contribution in [3.8, 4) is 0 Å². The molecule has 28 heavy (non-hydrogen) atoms. The van der Waals surface area contributed by atoms with Gasteiger partial charge in [-0.3, -0.25) is 9.79 Å². The Kier molecular flexibility index (Phi) is 8.73.